The van der Waals surface area contributed by atoms with Gasteiger partial charge in [-0.1, -0.05) is 0 Å². The van der Waals surface area contributed by atoms with Gasteiger partial charge in [0.15, 0.2) is 11.9 Å². The minimum Gasteiger partial charge on any atom is -0.460 e. The summed E-state index contributed by atoms with van der Waals surface area (Å²) in [6, 6.07) is 0. The first-order valence-electron chi connectivity index (χ1n) is 4.48. The summed E-state index contributed by atoms with van der Waals surface area (Å²) in [5.41, 5.74) is 0. The highest BCUT2D eigenvalue weighted by molar-refractivity contribution is 7.80. The van der Waals surface area contributed by atoms with E-state index in [9.17, 15) is 4.79 Å². The number of nitrogens with zero attached hydrogens (tertiary/aromatic N) is 1. The second-order valence-electron chi connectivity index (χ2n) is 2.81. The molecule has 0 radical (unpaired) electrons. The highest BCUT2D eigenvalue weighted by Gasteiger charge is 2.13. The monoisotopic (exact) mass is 203 g/mol. The summed E-state index contributed by atoms with van der Waals surface area (Å²) in [7, 11) is 0. The lowest BCUT2D eigenvalue weighted by atomic mass is 10.3. The maximum absolute atomic E-state index is 10.9. The van der Waals surface area contributed by atoms with Crippen LogP contribution in [0.15, 0.2) is 0 Å². The second-order valence-corrected chi connectivity index (χ2v) is 3.16. The van der Waals surface area contributed by atoms with Crippen LogP contribution in [-0.2, 0) is 9.53 Å². The normalized spacial score (nSPS) is 12.0. The number of thiocarbonyl (C=S) groups is 1. The Balaban J connectivity index is 4.05. The van der Waals surface area contributed by atoms with E-state index in [4.69, 9.17) is 17.0 Å². The van der Waals surface area contributed by atoms with Gasteiger partial charge in [0.2, 0.25) is 0 Å². The lowest BCUT2D eigenvalue weighted by molar-refractivity contribution is -0.123. The van der Waals surface area contributed by atoms with E-state index < -0.39 is 6.10 Å². The summed E-state index contributed by atoms with van der Waals surface area (Å²) < 4.78 is 5.26. The van der Waals surface area contributed by atoms with Gasteiger partial charge in [-0.05, 0) is 39.9 Å². The van der Waals surface area contributed by atoms with Crippen molar-refractivity contribution < 1.29 is 9.53 Å². The molecule has 13 heavy (non-hydrogen) atoms. The number of ether oxygens (including phenoxy) is 1. The molecule has 0 amide bonds. The van der Waals surface area contributed by atoms with E-state index in [1.165, 1.54) is 6.92 Å². The Hall–Kier alpha value is -0.640. The summed E-state index contributed by atoms with van der Waals surface area (Å²) in [5.74, 6) is -0.00509. The van der Waals surface area contributed by atoms with Crippen LogP contribution in [0.1, 0.15) is 27.7 Å². The number of carbonyl (C=O) groups is 1. The van der Waals surface area contributed by atoms with Crippen molar-refractivity contribution in [1.82, 2.24) is 4.90 Å². The first-order valence-corrected chi connectivity index (χ1v) is 4.89. The Kier molecular flexibility index (Phi) is 5.62. The first-order chi connectivity index (χ1) is 6.02. The van der Waals surface area contributed by atoms with Crippen LogP contribution < -0.4 is 0 Å². The van der Waals surface area contributed by atoms with Gasteiger partial charge in [-0.2, -0.15) is 0 Å². The minimum absolute atomic E-state index is 0.00509. The summed E-state index contributed by atoms with van der Waals surface area (Å²) >= 11 is 5.02. The quantitative estimate of drug-likeness (QED) is 0.649. The summed E-state index contributed by atoms with van der Waals surface area (Å²) in [6.45, 7) is 8.81. The third-order valence-corrected chi connectivity index (χ3v) is 2.23. The van der Waals surface area contributed by atoms with Crippen LogP contribution >= 0.6 is 12.2 Å². The predicted molar refractivity (Wildman–Crippen MR) is 56.7 cm³/mol. The molecule has 76 valence electrons. The van der Waals surface area contributed by atoms with Crippen molar-refractivity contribution in [2.75, 3.05) is 13.1 Å². The maximum Gasteiger partial charge on any atom is 0.259 e. The Labute approximate surface area is 85.1 Å². The van der Waals surface area contributed by atoms with Crippen molar-refractivity contribution in [3.8, 4) is 0 Å². The van der Waals surface area contributed by atoms with Crippen molar-refractivity contribution in [2.45, 2.75) is 33.8 Å². The van der Waals surface area contributed by atoms with Gasteiger partial charge in [0.1, 0.15) is 0 Å². The molecule has 1 unspecified atom stereocenters. The van der Waals surface area contributed by atoms with Gasteiger partial charge in [0.25, 0.3) is 5.17 Å². The van der Waals surface area contributed by atoms with Gasteiger partial charge in [-0.3, -0.25) is 4.79 Å². The topological polar surface area (TPSA) is 29.5 Å². The molecule has 0 aromatic carbocycles. The van der Waals surface area contributed by atoms with Gasteiger partial charge in [-0.25, -0.2) is 0 Å². The number of Topliss-reactive ketones (excluding diaryl/α,β-unsaturated/α-hetero) is 1. The van der Waals surface area contributed by atoms with Gasteiger partial charge in [-0.15, -0.1) is 0 Å². The fourth-order valence-electron chi connectivity index (χ4n) is 0.791. The third-order valence-electron chi connectivity index (χ3n) is 1.87. The lowest BCUT2D eigenvalue weighted by Crippen LogP contribution is -2.34. The number of hydrogen-bond acceptors (Lipinski definition) is 3. The zero-order chi connectivity index (χ0) is 10.4. The molecule has 0 fully saturated rings. The third kappa shape index (κ3) is 4.22. The summed E-state index contributed by atoms with van der Waals surface area (Å²) in [6.07, 6.45) is -0.437. The second kappa shape index (κ2) is 5.91. The van der Waals surface area contributed by atoms with Crippen molar-refractivity contribution in [1.29, 1.82) is 0 Å². The average Bonchev–Trinajstić information content (AvgIpc) is 2.06. The average molecular weight is 203 g/mol. The van der Waals surface area contributed by atoms with Crippen molar-refractivity contribution >= 4 is 23.2 Å². The fraction of sp³-hybridized carbons (Fsp3) is 0.778. The molecule has 0 aromatic heterocycles. The van der Waals surface area contributed by atoms with Crippen molar-refractivity contribution in [3.63, 3.8) is 0 Å². The van der Waals surface area contributed by atoms with Gasteiger partial charge in [0, 0.05) is 13.1 Å². The molecular formula is C9H17NO2S. The van der Waals surface area contributed by atoms with E-state index >= 15 is 0 Å². The fourth-order valence-corrected chi connectivity index (χ4v) is 1.19. The summed E-state index contributed by atoms with van der Waals surface area (Å²) in [4.78, 5) is 12.8. The minimum atomic E-state index is -0.437. The van der Waals surface area contributed by atoms with E-state index in [1.54, 1.807) is 6.92 Å². The molecule has 0 saturated carbocycles. The van der Waals surface area contributed by atoms with E-state index in [0.717, 1.165) is 13.1 Å². The lowest BCUT2D eigenvalue weighted by Gasteiger charge is -2.23. The van der Waals surface area contributed by atoms with Crippen LogP contribution in [0, 0.1) is 0 Å². The predicted octanol–water partition coefficient (Wildman–Crippen LogP) is 1.61. The molecule has 0 aliphatic rings. The molecule has 4 heteroatoms. The van der Waals surface area contributed by atoms with E-state index in [0.29, 0.717) is 5.17 Å². The van der Waals surface area contributed by atoms with Crippen molar-refractivity contribution in [3.05, 3.63) is 0 Å². The molecule has 0 aromatic rings. The Morgan fingerprint density at radius 2 is 1.92 bits per heavy atom. The molecule has 3 nitrogen and oxygen atoms in total. The van der Waals surface area contributed by atoms with Gasteiger partial charge < -0.3 is 9.64 Å². The van der Waals surface area contributed by atoms with Crippen LogP contribution in [0.4, 0.5) is 0 Å². The van der Waals surface area contributed by atoms with Gasteiger partial charge >= 0.3 is 0 Å². The molecule has 0 aliphatic carbocycles. The maximum atomic E-state index is 10.9. The van der Waals surface area contributed by atoms with E-state index in [2.05, 4.69) is 0 Å². The molecule has 1 atom stereocenters. The smallest absolute Gasteiger partial charge is 0.259 e. The number of carbonyl (C=O) groups excluding carboxylic acids is 1. The Morgan fingerprint density at radius 1 is 1.46 bits per heavy atom. The molecule has 0 heterocycles. The highest BCUT2D eigenvalue weighted by Crippen LogP contribution is 1.99. The molecule has 0 aliphatic heterocycles. The molecule has 0 bridgehead atoms. The molecule has 0 spiro atoms. The number of rotatable bonds is 4. The van der Waals surface area contributed by atoms with Crippen LogP contribution in [-0.4, -0.2) is 35.1 Å². The number of ketones is 1. The molecule has 0 rings (SSSR count). The zero-order valence-electron chi connectivity index (χ0n) is 8.66. The van der Waals surface area contributed by atoms with Crippen LogP contribution in [0.3, 0.4) is 0 Å². The standard InChI is InChI=1S/C9H17NO2S/c1-5-10(6-2)9(13)12-8(4)7(3)11/h8H,5-6H2,1-4H3. The van der Waals surface area contributed by atoms with Crippen LogP contribution in [0.25, 0.3) is 0 Å². The Bertz CT molecular complexity index is 190. The van der Waals surface area contributed by atoms with Crippen molar-refractivity contribution in [2.24, 2.45) is 0 Å². The zero-order valence-corrected chi connectivity index (χ0v) is 9.48. The van der Waals surface area contributed by atoms with E-state index in [1.807, 2.05) is 18.7 Å². The van der Waals surface area contributed by atoms with E-state index in [-0.39, 0.29) is 5.78 Å². The molecule has 0 N–H and O–H groups in total. The van der Waals surface area contributed by atoms with Crippen LogP contribution in [0.5, 0.6) is 0 Å². The van der Waals surface area contributed by atoms with Gasteiger partial charge in [0.05, 0.1) is 0 Å². The SMILES string of the molecule is CCN(CC)C(=S)OC(C)C(C)=O. The van der Waals surface area contributed by atoms with Crippen LogP contribution in [0.2, 0.25) is 0 Å². The summed E-state index contributed by atoms with van der Waals surface area (Å²) in [5, 5.41) is 0.410. The first kappa shape index (κ1) is 12.4. The molecule has 0 saturated heterocycles. The highest BCUT2D eigenvalue weighted by atomic mass is 32.1. The Morgan fingerprint density at radius 3 is 2.23 bits per heavy atom. The largest absolute Gasteiger partial charge is 0.460 e. The molecular weight excluding hydrogens is 186 g/mol. The number of hydrogen-bond donors (Lipinski definition) is 0.